The summed E-state index contributed by atoms with van der Waals surface area (Å²) in [6.45, 7) is 6.81. The van der Waals surface area contributed by atoms with Gasteiger partial charge in [-0.05, 0) is 37.0 Å². The lowest BCUT2D eigenvalue weighted by Crippen LogP contribution is -2.37. The van der Waals surface area contributed by atoms with Gasteiger partial charge in [0, 0.05) is 51.3 Å². The van der Waals surface area contributed by atoms with Crippen LogP contribution in [0.15, 0.2) is 33.8 Å². The summed E-state index contributed by atoms with van der Waals surface area (Å²) in [7, 11) is 1.77. The second kappa shape index (κ2) is 12.3. The SMILES string of the molecule is CCCc1noc(-c2cccc(CNC(=NC)NCCCOCC3CCOC3)c2)n1. The molecule has 0 bridgehead atoms. The van der Waals surface area contributed by atoms with Crippen molar-refractivity contribution in [1.29, 1.82) is 0 Å². The molecule has 0 spiro atoms. The van der Waals surface area contributed by atoms with Crippen molar-refractivity contribution < 1.29 is 14.0 Å². The maximum absolute atomic E-state index is 5.73. The van der Waals surface area contributed by atoms with Gasteiger partial charge < -0.3 is 24.6 Å². The van der Waals surface area contributed by atoms with Crippen molar-refractivity contribution in [3.8, 4) is 11.5 Å². The largest absolute Gasteiger partial charge is 0.381 e. The third kappa shape index (κ3) is 7.11. The fraction of sp³-hybridized carbons (Fsp3) is 0.591. The predicted molar refractivity (Wildman–Crippen MR) is 116 cm³/mol. The van der Waals surface area contributed by atoms with E-state index in [-0.39, 0.29) is 0 Å². The minimum absolute atomic E-state index is 0.562. The van der Waals surface area contributed by atoms with Crippen LogP contribution in [0.4, 0.5) is 0 Å². The van der Waals surface area contributed by atoms with Crippen molar-refractivity contribution in [2.45, 2.75) is 39.2 Å². The molecule has 2 heterocycles. The Bertz CT molecular complexity index is 787. The van der Waals surface area contributed by atoms with Crippen molar-refractivity contribution >= 4 is 5.96 Å². The number of guanidine groups is 1. The van der Waals surface area contributed by atoms with E-state index in [1.54, 1.807) is 7.05 Å². The number of aliphatic imine (C=N–C) groups is 1. The first-order chi connectivity index (χ1) is 14.8. The van der Waals surface area contributed by atoms with E-state index in [0.717, 1.165) is 81.6 Å². The molecule has 8 heteroatoms. The van der Waals surface area contributed by atoms with Crippen molar-refractivity contribution in [2.75, 3.05) is 40.0 Å². The quantitative estimate of drug-likeness (QED) is 0.331. The van der Waals surface area contributed by atoms with Gasteiger partial charge in [0.1, 0.15) is 0 Å². The van der Waals surface area contributed by atoms with Gasteiger partial charge in [-0.3, -0.25) is 4.99 Å². The number of hydrogen-bond donors (Lipinski definition) is 2. The van der Waals surface area contributed by atoms with Crippen LogP contribution in [0.1, 0.15) is 37.6 Å². The van der Waals surface area contributed by atoms with E-state index in [1.807, 2.05) is 12.1 Å². The summed E-state index contributed by atoms with van der Waals surface area (Å²) in [6.07, 6.45) is 3.87. The maximum Gasteiger partial charge on any atom is 0.257 e. The highest BCUT2D eigenvalue weighted by molar-refractivity contribution is 5.79. The summed E-state index contributed by atoms with van der Waals surface area (Å²) in [5, 5.41) is 10.7. The molecule has 164 valence electrons. The zero-order chi connectivity index (χ0) is 21.0. The van der Waals surface area contributed by atoms with Crippen LogP contribution < -0.4 is 10.6 Å². The van der Waals surface area contributed by atoms with Crippen molar-refractivity contribution in [3.63, 3.8) is 0 Å². The molecule has 2 aromatic rings. The molecule has 3 rings (SSSR count). The highest BCUT2D eigenvalue weighted by Gasteiger charge is 2.15. The lowest BCUT2D eigenvalue weighted by Gasteiger charge is -2.13. The summed E-state index contributed by atoms with van der Waals surface area (Å²) in [5.74, 6) is 2.65. The van der Waals surface area contributed by atoms with Gasteiger partial charge in [0.05, 0.1) is 13.2 Å². The van der Waals surface area contributed by atoms with Crippen LogP contribution in [0.3, 0.4) is 0 Å². The molecule has 1 aromatic carbocycles. The zero-order valence-corrected chi connectivity index (χ0v) is 18.0. The molecule has 0 radical (unpaired) electrons. The molecule has 1 aliphatic heterocycles. The molecular weight excluding hydrogens is 382 g/mol. The predicted octanol–water partition coefficient (Wildman–Crippen LogP) is 2.80. The molecule has 0 amide bonds. The molecule has 1 saturated heterocycles. The number of ether oxygens (including phenoxy) is 2. The van der Waals surface area contributed by atoms with Gasteiger partial charge in [0.2, 0.25) is 0 Å². The van der Waals surface area contributed by atoms with E-state index < -0.39 is 0 Å². The van der Waals surface area contributed by atoms with Crippen LogP contribution in [-0.4, -0.2) is 56.1 Å². The van der Waals surface area contributed by atoms with E-state index in [2.05, 4.69) is 44.8 Å². The van der Waals surface area contributed by atoms with Crippen LogP contribution in [0, 0.1) is 5.92 Å². The number of benzene rings is 1. The lowest BCUT2D eigenvalue weighted by molar-refractivity contribution is 0.0888. The van der Waals surface area contributed by atoms with Gasteiger partial charge in [0.15, 0.2) is 11.8 Å². The van der Waals surface area contributed by atoms with Crippen LogP contribution in [-0.2, 0) is 22.4 Å². The third-order valence-corrected chi connectivity index (χ3v) is 4.93. The van der Waals surface area contributed by atoms with Gasteiger partial charge in [-0.2, -0.15) is 4.98 Å². The number of nitrogens with zero attached hydrogens (tertiary/aromatic N) is 3. The summed E-state index contributed by atoms with van der Waals surface area (Å²) >= 11 is 0. The Morgan fingerprint density at radius 2 is 2.27 bits per heavy atom. The molecular formula is C22H33N5O3. The first kappa shape index (κ1) is 22.2. The molecule has 8 nitrogen and oxygen atoms in total. The van der Waals surface area contributed by atoms with Crippen molar-refractivity contribution in [3.05, 3.63) is 35.7 Å². The van der Waals surface area contributed by atoms with Crippen LogP contribution in [0.5, 0.6) is 0 Å². The Hall–Kier alpha value is -2.45. The summed E-state index contributed by atoms with van der Waals surface area (Å²) in [6, 6.07) is 8.11. The minimum atomic E-state index is 0.562. The second-order valence-electron chi connectivity index (χ2n) is 7.48. The Morgan fingerprint density at radius 3 is 3.07 bits per heavy atom. The van der Waals surface area contributed by atoms with Crippen molar-refractivity contribution in [2.24, 2.45) is 10.9 Å². The smallest absolute Gasteiger partial charge is 0.257 e. The maximum atomic E-state index is 5.73. The number of nitrogens with one attached hydrogen (secondary N) is 2. The van der Waals surface area contributed by atoms with E-state index in [1.165, 1.54) is 0 Å². The number of aryl methyl sites for hydroxylation is 1. The van der Waals surface area contributed by atoms with E-state index in [4.69, 9.17) is 14.0 Å². The van der Waals surface area contributed by atoms with Gasteiger partial charge in [0.25, 0.3) is 5.89 Å². The average Bonchev–Trinajstić information content (AvgIpc) is 3.45. The molecule has 30 heavy (non-hydrogen) atoms. The highest BCUT2D eigenvalue weighted by atomic mass is 16.5. The molecule has 1 atom stereocenters. The van der Waals surface area contributed by atoms with Gasteiger partial charge in [-0.25, -0.2) is 0 Å². The summed E-state index contributed by atoms with van der Waals surface area (Å²) in [5.41, 5.74) is 2.05. The summed E-state index contributed by atoms with van der Waals surface area (Å²) < 4.78 is 16.5. The standard InChI is InChI=1S/C22H33N5O3/c1-3-6-20-26-21(30-27-20)19-8-4-7-17(13-19)14-25-22(23-2)24-10-5-11-28-15-18-9-12-29-16-18/h4,7-8,13,18H,3,5-6,9-12,14-16H2,1-2H3,(H2,23,24,25). The normalized spacial score (nSPS) is 16.7. The number of aromatic nitrogens is 2. The van der Waals surface area contributed by atoms with Gasteiger partial charge in [-0.1, -0.05) is 24.2 Å². The minimum Gasteiger partial charge on any atom is -0.381 e. The molecule has 1 aromatic heterocycles. The zero-order valence-electron chi connectivity index (χ0n) is 18.0. The summed E-state index contributed by atoms with van der Waals surface area (Å²) in [4.78, 5) is 8.74. The average molecular weight is 416 g/mol. The monoisotopic (exact) mass is 415 g/mol. The van der Waals surface area contributed by atoms with Gasteiger partial charge >= 0.3 is 0 Å². The Labute approximate surface area is 178 Å². The van der Waals surface area contributed by atoms with E-state index in [9.17, 15) is 0 Å². The molecule has 1 fully saturated rings. The molecule has 1 unspecified atom stereocenters. The fourth-order valence-corrected chi connectivity index (χ4v) is 3.26. The van der Waals surface area contributed by atoms with Crippen LogP contribution in [0.2, 0.25) is 0 Å². The Balaban J connectivity index is 1.37. The van der Waals surface area contributed by atoms with E-state index >= 15 is 0 Å². The second-order valence-corrected chi connectivity index (χ2v) is 7.48. The van der Waals surface area contributed by atoms with Crippen LogP contribution >= 0.6 is 0 Å². The Kier molecular flexibility index (Phi) is 9.11. The number of rotatable bonds is 11. The number of hydrogen-bond acceptors (Lipinski definition) is 6. The first-order valence-corrected chi connectivity index (χ1v) is 10.8. The third-order valence-electron chi connectivity index (χ3n) is 4.93. The van der Waals surface area contributed by atoms with Crippen molar-refractivity contribution in [1.82, 2.24) is 20.8 Å². The molecule has 1 aliphatic rings. The molecule has 0 aliphatic carbocycles. The molecule has 2 N–H and O–H groups in total. The first-order valence-electron chi connectivity index (χ1n) is 10.8. The van der Waals surface area contributed by atoms with Gasteiger partial charge in [-0.15, -0.1) is 0 Å². The topological polar surface area (TPSA) is 93.8 Å². The highest BCUT2D eigenvalue weighted by Crippen LogP contribution is 2.19. The fourth-order valence-electron chi connectivity index (χ4n) is 3.26. The van der Waals surface area contributed by atoms with E-state index in [0.29, 0.717) is 18.4 Å². The Morgan fingerprint density at radius 1 is 1.33 bits per heavy atom. The molecule has 0 saturated carbocycles. The van der Waals surface area contributed by atoms with Crippen LogP contribution in [0.25, 0.3) is 11.5 Å². The lowest BCUT2D eigenvalue weighted by atomic mass is 10.1.